The molecule has 0 spiro atoms. The smallest absolute Gasteiger partial charge is 0.247 e. The Morgan fingerprint density at radius 3 is 2.42 bits per heavy atom. The topological polar surface area (TPSA) is 77.8 Å². The van der Waals surface area contributed by atoms with Crippen LogP contribution >= 0.6 is 0 Å². The highest BCUT2D eigenvalue weighted by Crippen LogP contribution is 2.20. The molecule has 118 valence electrons. The van der Waals surface area contributed by atoms with Crippen molar-refractivity contribution in [3.8, 4) is 22.8 Å². The van der Waals surface area contributed by atoms with Gasteiger partial charge in [0.25, 0.3) is 0 Å². The summed E-state index contributed by atoms with van der Waals surface area (Å²) < 4.78 is 23.7. The molecule has 24 heavy (non-hydrogen) atoms. The average Bonchev–Trinajstić information content (AvgIpc) is 3.27. The second-order valence-corrected chi connectivity index (χ2v) is 5.06. The lowest BCUT2D eigenvalue weighted by Gasteiger charge is -1.93. The molecule has 0 atom stereocenters. The van der Waals surface area contributed by atoms with Crippen molar-refractivity contribution in [2.24, 2.45) is 0 Å². The van der Waals surface area contributed by atoms with Crippen LogP contribution in [0, 0.1) is 5.82 Å². The van der Waals surface area contributed by atoms with E-state index in [9.17, 15) is 4.39 Å². The fraction of sp³-hybridized carbons (Fsp3) is 0.0588. The summed E-state index contributed by atoms with van der Waals surface area (Å²) in [6.07, 6.45) is 0.230. The summed E-state index contributed by atoms with van der Waals surface area (Å²) >= 11 is 0. The second-order valence-electron chi connectivity index (χ2n) is 5.06. The summed E-state index contributed by atoms with van der Waals surface area (Å²) in [5.41, 5.74) is 1.51. The standard InChI is InChI=1S/C17H11FN4O2/c18-13-8-6-12(7-9-13)17-21-20-15(23-17)10-14-19-16(22-24-14)11-4-2-1-3-5-11/h1-9H,10H2. The van der Waals surface area contributed by atoms with E-state index in [0.717, 1.165) is 5.56 Å². The monoisotopic (exact) mass is 322 g/mol. The molecular formula is C17H11FN4O2. The maximum absolute atomic E-state index is 12.9. The van der Waals surface area contributed by atoms with Gasteiger partial charge in [0, 0.05) is 11.1 Å². The quantitative estimate of drug-likeness (QED) is 0.572. The van der Waals surface area contributed by atoms with Crippen molar-refractivity contribution in [3.63, 3.8) is 0 Å². The fourth-order valence-corrected chi connectivity index (χ4v) is 2.19. The minimum atomic E-state index is -0.321. The maximum Gasteiger partial charge on any atom is 0.247 e. The number of rotatable bonds is 4. The molecule has 7 heteroatoms. The molecule has 2 aromatic carbocycles. The Labute approximate surface area is 136 Å². The van der Waals surface area contributed by atoms with E-state index in [4.69, 9.17) is 8.94 Å². The third kappa shape index (κ3) is 2.91. The zero-order chi connectivity index (χ0) is 16.4. The van der Waals surface area contributed by atoms with Crippen molar-refractivity contribution in [1.82, 2.24) is 20.3 Å². The molecule has 0 aliphatic heterocycles. The molecule has 2 heterocycles. The predicted octanol–water partition coefficient (Wildman–Crippen LogP) is 3.52. The van der Waals surface area contributed by atoms with Gasteiger partial charge in [-0.05, 0) is 24.3 Å². The molecule has 4 rings (SSSR count). The van der Waals surface area contributed by atoms with Crippen LogP contribution in [0.5, 0.6) is 0 Å². The van der Waals surface area contributed by atoms with Gasteiger partial charge in [0.15, 0.2) is 0 Å². The molecule has 0 N–H and O–H groups in total. The highest BCUT2D eigenvalue weighted by Gasteiger charge is 2.14. The van der Waals surface area contributed by atoms with E-state index >= 15 is 0 Å². The Bertz CT molecular complexity index is 948. The van der Waals surface area contributed by atoms with Crippen LogP contribution in [0.2, 0.25) is 0 Å². The molecule has 0 radical (unpaired) electrons. The first-order valence-electron chi connectivity index (χ1n) is 7.24. The maximum atomic E-state index is 12.9. The first-order valence-corrected chi connectivity index (χ1v) is 7.24. The zero-order valence-corrected chi connectivity index (χ0v) is 12.4. The van der Waals surface area contributed by atoms with E-state index in [2.05, 4.69) is 20.3 Å². The number of aromatic nitrogens is 4. The molecule has 6 nitrogen and oxygen atoms in total. The molecule has 0 saturated carbocycles. The summed E-state index contributed by atoms with van der Waals surface area (Å²) in [6, 6.07) is 15.3. The molecular weight excluding hydrogens is 311 g/mol. The molecule has 0 aliphatic carbocycles. The number of nitrogens with zero attached hydrogens (tertiary/aromatic N) is 4. The van der Waals surface area contributed by atoms with Gasteiger partial charge in [0.2, 0.25) is 23.5 Å². The Morgan fingerprint density at radius 2 is 1.62 bits per heavy atom. The van der Waals surface area contributed by atoms with Crippen LogP contribution in [-0.4, -0.2) is 20.3 Å². The van der Waals surface area contributed by atoms with Gasteiger partial charge in [0.05, 0.1) is 0 Å². The van der Waals surface area contributed by atoms with E-state index < -0.39 is 0 Å². The lowest BCUT2D eigenvalue weighted by atomic mass is 10.2. The van der Waals surface area contributed by atoms with Crippen molar-refractivity contribution in [2.75, 3.05) is 0 Å². The van der Waals surface area contributed by atoms with E-state index in [1.807, 2.05) is 30.3 Å². The van der Waals surface area contributed by atoms with Crippen molar-refractivity contribution in [2.45, 2.75) is 6.42 Å². The predicted molar refractivity (Wildman–Crippen MR) is 82.2 cm³/mol. The molecule has 2 aromatic heterocycles. The summed E-state index contributed by atoms with van der Waals surface area (Å²) in [5, 5.41) is 11.8. The normalized spacial score (nSPS) is 10.9. The van der Waals surface area contributed by atoms with Crippen LogP contribution in [0.25, 0.3) is 22.8 Å². The van der Waals surface area contributed by atoms with Gasteiger partial charge < -0.3 is 8.94 Å². The second kappa shape index (κ2) is 6.04. The van der Waals surface area contributed by atoms with Crippen LogP contribution in [0.4, 0.5) is 4.39 Å². The van der Waals surface area contributed by atoms with Gasteiger partial charge >= 0.3 is 0 Å². The van der Waals surface area contributed by atoms with E-state index in [-0.39, 0.29) is 12.2 Å². The molecule has 0 amide bonds. The van der Waals surface area contributed by atoms with Crippen molar-refractivity contribution in [3.05, 3.63) is 72.2 Å². The van der Waals surface area contributed by atoms with Gasteiger partial charge in [-0.2, -0.15) is 4.98 Å². The number of halogens is 1. The van der Waals surface area contributed by atoms with Crippen LogP contribution in [0.1, 0.15) is 11.8 Å². The Morgan fingerprint density at radius 1 is 0.833 bits per heavy atom. The lowest BCUT2D eigenvalue weighted by molar-refractivity contribution is 0.374. The summed E-state index contributed by atoms with van der Waals surface area (Å²) in [7, 11) is 0. The first-order chi connectivity index (χ1) is 11.8. The van der Waals surface area contributed by atoms with Crippen molar-refractivity contribution >= 4 is 0 Å². The third-order valence-electron chi connectivity index (χ3n) is 3.36. The minimum absolute atomic E-state index is 0.230. The summed E-state index contributed by atoms with van der Waals surface area (Å²) in [4.78, 5) is 4.31. The molecule has 4 aromatic rings. The number of hydrogen-bond acceptors (Lipinski definition) is 6. The SMILES string of the molecule is Fc1ccc(-c2nnc(Cc3nc(-c4ccccc4)no3)o2)cc1. The average molecular weight is 322 g/mol. The summed E-state index contributed by atoms with van der Waals surface area (Å²) in [6.45, 7) is 0. The number of benzene rings is 2. The first kappa shape index (κ1) is 14.3. The van der Waals surface area contributed by atoms with Gasteiger partial charge in [0.1, 0.15) is 12.2 Å². The van der Waals surface area contributed by atoms with Gasteiger partial charge in [-0.15, -0.1) is 10.2 Å². The minimum Gasteiger partial charge on any atom is -0.420 e. The lowest BCUT2D eigenvalue weighted by Crippen LogP contribution is -1.88. The number of hydrogen-bond donors (Lipinski definition) is 0. The summed E-state index contributed by atoms with van der Waals surface area (Å²) in [5.74, 6) is 1.22. The van der Waals surface area contributed by atoms with E-state index in [0.29, 0.717) is 29.1 Å². The van der Waals surface area contributed by atoms with Crippen molar-refractivity contribution in [1.29, 1.82) is 0 Å². The molecule has 0 saturated heterocycles. The van der Waals surface area contributed by atoms with Gasteiger partial charge in [-0.1, -0.05) is 35.5 Å². The van der Waals surface area contributed by atoms with Crippen molar-refractivity contribution < 1.29 is 13.3 Å². The molecule has 0 unspecified atom stereocenters. The largest absolute Gasteiger partial charge is 0.420 e. The van der Waals surface area contributed by atoms with E-state index in [1.54, 1.807) is 12.1 Å². The van der Waals surface area contributed by atoms with Crippen LogP contribution in [0.15, 0.2) is 63.5 Å². The highest BCUT2D eigenvalue weighted by molar-refractivity contribution is 5.53. The van der Waals surface area contributed by atoms with E-state index in [1.165, 1.54) is 12.1 Å². The van der Waals surface area contributed by atoms with Crippen LogP contribution in [-0.2, 0) is 6.42 Å². The Kier molecular flexibility index (Phi) is 3.59. The molecule has 0 bridgehead atoms. The van der Waals surface area contributed by atoms with Crippen LogP contribution < -0.4 is 0 Å². The Hall–Kier alpha value is -3.35. The molecule has 0 aliphatic rings. The molecule has 0 fully saturated rings. The van der Waals surface area contributed by atoms with Gasteiger partial charge in [-0.3, -0.25) is 0 Å². The zero-order valence-electron chi connectivity index (χ0n) is 12.4. The fourth-order valence-electron chi connectivity index (χ4n) is 2.19. The highest BCUT2D eigenvalue weighted by atomic mass is 19.1. The Balaban J connectivity index is 1.52. The van der Waals surface area contributed by atoms with Gasteiger partial charge in [-0.25, -0.2) is 4.39 Å². The third-order valence-corrected chi connectivity index (χ3v) is 3.36. The van der Waals surface area contributed by atoms with Crippen LogP contribution in [0.3, 0.4) is 0 Å².